The summed E-state index contributed by atoms with van der Waals surface area (Å²) < 4.78 is 6.92. The Balaban J connectivity index is 1.37. The van der Waals surface area contributed by atoms with E-state index in [0.717, 1.165) is 25.8 Å². The number of fused-ring (bicyclic) bond motifs is 1. The first-order valence-electron chi connectivity index (χ1n) is 8.17. The lowest BCUT2D eigenvalue weighted by Gasteiger charge is -2.12. The molecule has 1 atom stereocenters. The van der Waals surface area contributed by atoms with Crippen LogP contribution in [0.1, 0.15) is 47.6 Å². The molecule has 3 aromatic heterocycles. The van der Waals surface area contributed by atoms with Crippen LogP contribution in [-0.2, 0) is 24.3 Å². The molecule has 0 fully saturated rings. The second kappa shape index (κ2) is 7.09. The zero-order valence-corrected chi connectivity index (χ0v) is 14.3. The van der Waals surface area contributed by atoms with Crippen LogP contribution in [-0.4, -0.2) is 36.3 Å². The molecule has 0 saturated heterocycles. The van der Waals surface area contributed by atoms with Gasteiger partial charge in [-0.25, -0.2) is 4.68 Å². The lowest BCUT2D eigenvalue weighted by atomic mass is 10.0. The van der Waals surface area contributed by atoms with Gasteiger partial charge in [0.25, 0.3) is 0 Å². The van der Waals surface area contributed by atoms with Gasteiger partial charge in [-0.15, -0.1) is 16.4 Å². The summed E-state index contributed by atoms with van der Waals surface area (Å²) >= 11 is 1.65. The molecule has 0 saturated carbocycles. The van der Waals surface area contributed by atoms with Gasteiger partial charge in [0.15, 0.2) is 11.6 Å². The fourth-order valence-electron chi connectivity index (χ4n) is 2.90. The van der Waals surface area contributed by atoms with E-state index in [2.05, 4.69) is 31.0 Å². The molecule has 4 heterocycles. The van der Waals surface area contributed by atoms with Crippen LogP contribution < -0.4 is 5.32 Å². The summed E-state index contributed by atoms with van der Waals surface area (Å²) in [5.74, 6) is 1.18. The Hall–Kier alpha value is -2.62. The Morgan fingerprint density at radius 1 is 1.44 bits per heavy atom. The highest BCUT2D eigenvalue weighted by Crippen LogP contribution is 2.24. The number of nitrogens with one attached hydrogen (secondary N) is 1. The Morgan fingerprint density at radius 3 is 3.28 bits per heavy atom. The van der Waals surface area contributed by atoms with Gasteiger partial charge in [0, 0.05) is 17.8 Å². The second-order valence-electron chi connectivity index (χ2n) is 5.89. The maximum atomic E-state index is 12.5. The van der Waals surface area contributed by atoms with E-state index in [9.17, 15) is 4.79 Å². The molecule has 0 aliphatic carbocycles. The number of hydrogen-bond acceptors (Lipinski definition) is 8. The minimum atomic E-state index is -0.342. The van der Waals surface area contributed by atoms with Crippen molar-refractivity contribution in [2.75, 3.05) is 0 Å². The van der Waals surface area contributed by atoms with E-state index in [1.165, 1.54) is 4.88 Å². The number of carbonyl (C=O) groups excluding carboxylic acids is 1. The fourth-order valence-corrected chi connectivity index (χ4v) is 3.60. The van der Waals surface area contributed by atoms with Crippen molar-refractivity contribution in [1.29, 1.82) is 0 Å². The summed E-state index contributed by atoms with van der Waals surface area (Å²) in [7, 11) is 0. The molecule has 130 valence electrons. The minimum Gasteiger partial charge on any atom is -0.346 e. The third-order valence-electron chi connectivity index (χ3n) is 4.14. The Labute approximate surface area is 147 Å². The van der Waals surface area contributed by atoms with E-state index in [1.54, 1.807) is 16.0 Å². The maximum absolute atomic E-state index is 12.5. The van der Waals surface area contributed by atoms with Crippen LogP contribution in [0.4, 0.5) is 0 Å². The van der Waals surface area contributed by atoms with Gasteiger partial charge in [-0.2, -0.15) is 4.98 Å². The Bertz CT molecular complexity index is 842. The number of tetrazole rings is 1. The summed E-state index contributed by atoms with van der Waals surface area (Å²) in [6, 6.07) is 4.01. The van der Waals surface area contributed by atoms with E-state index in [-0.39, 0.29) is 18.4 Å². The molecule has 0 aromatic carbocycles. The first-order valence-corrected chi connectivity index (χ1v) is 9.05. The summed E-state index contributed by atoms with van der Waals surface area (Å²) in [5, 5.41) is 20.5. The quantitative estimate of drug-likeness (QED) is 0.730. The van der Waals surface area contributed by atoms with Crippen LogP contribution in [0, 0.1) is 0 Å². The second-order valence-corrected chi connectivity index (χ2v) is 6.92. The number of amides is 1. The van der Waals surface area contributed by atoms with Crippen LogP contribution in [0.2, 0.25) is 0 Å². The largest absolute Gasteiger partial charge is 0.346 e. The van der Waals surface area contributed by atoms with Gasteiger partial charge in [0.1, 0.15) is 0 Å². The monoisotopic (exact) mass is 359 g/mol. The molecular formula is C15H17N7O2S. The molecule has 1 N–H and O–H groups in total. The topological polar surface area (TPSA) is 112 Å². The van der Waals surface area contributed by atoms with Gasteiger partial charge >= 0.3 is 0 Å². The van der Waals surface area contributed by atoms with E-state index in [0.29, 0.717) is 24.0 Å². The molecule has 25 heavy (non-hydrogen) atoms. The number of aryl methyl sites for hydroxylation is 1. The number of aromatic nitrogens is 6. The molecule has 3 aromatic rings. The Morgan fingerprint density at radius 2 is 2.40 bits per heavy atom. The predicted molar refractivity (Wildman–Crippen MR) is 87.7 cm³/mol. The SMILES string of the molecule is O=C(NCc1nc(Cc2cccs2)no1)C1CCCCn2nnnc21. The third-order valence-corrected chi connectivity index (χ3v) is 5.01. The number of hydrogen-bond donors (Lipinski definition) is 1. The minimum absolute atomic E-state index is 0.115. The standard InChI is InChI=1S/C15H17N7O2S/c23-15(11-5-1-2-6-22-14(11)18-20-21-22)16-9-13-17-12(19-24-13)8-10-4-3-7-25-10/h3-4,7,11H,1-2,5-6,8-9H2,(H,16,23). The zero-order valence-electron chi connectivity index (χ0n) is 13.5. The Kier molecular flexibility index (Phi) is 4.51. The van der Waals surface area contributed by atoms with Crippen molar-refractivity contribution in [2.24, 2.45) is 0 Å². The first kappa shape index (κ1) is 15.9. The smallest absolute Gasteiger partial charge is 0.246 e. The number of rotatable bonds is 5. The summed E-state index contributed by atoms with van der Waals surface area (Å²) in [6.07, 6.45) is 3.29. The van der Waals surface area contributed by atoms with Crippen LogP contribution in [0.25, 0.3) is 0 Å². The van der Waals surface area contributed by atoms with Gasteiger partial charge in [-0.3, -0.25) is 4.79 Å². The average Bonchev–Trinajstić information content (AvgIpc) is 3.35. The molecule has 0 bridgehead atoms. The highest BCUT2D eigenvalue weighted by Gasteiger charge is 2.28. The van der Waals surface area contributed by atoms with Gasteiger partial charge in [0.2, 0.25) is 11.8 Å². The molecule has 0 spiro atoms. The molecule has 0 radical (unpaired) electrons. The van der Waals surface area contributed by atoms with Crippen LogP contribution in [0.5, 0.6) is 0 Å². The molecule has 4 rings (SSSR count). The van der Waals surface area contributed by atoms with Crippen molar-refractivity contribution < 1.29 is 9.32 Å². The molecule has 10 heteroatoms. The first-order chi connectivity index (χ1) is 12.3. The predicted octanol–water partition coefficient (Wildman–Crippen LogP) is 1.29. The van der Waals surface area contributed by atoms with Crippen molar-refractivity contribution in [3.05, 3.63) is 39.9 Å². The van der Waals surface area contributed by atoms with Gasteiger partial charge in [0.05, 0.1) is 12.5 Å². The van der Waals surface area contributed by atoms with E-state index < -0.39 is 0 Å². The van der Waals surface area contributed by atoms with Crippen molar-refractivity contribution in [1.82, 2.24) is 35.7 Å². The van der Waals surface area contributed by atoms with E-state index >= 15 is 0 Å². The normalized spacial score (nSPS) is 17.0. The fraction of sp³-hybridized carbons (Fsp3) is 0.467. The summed E-state index contributed by atoms with van der Waals surface area (Å²) in [4.78, 5) is 18.0. The van der Waals surface area contributed by atoms with Gasteiger partial charge < -0.3 is 9.84 Å². The van der Waals surface area contributed by atoms with Crippen LogP contribution in [0.3, 0.4) is 0 Å². The van der Waals surface area contributed by atoms with E-state index in [4.69, 9.17) is 4.52 Å². The lowest BCUT2D eigenvalue weighted by Crippen LogP contribution is -2.30. The van der Waals surface area contributed by atoms with Gasteiger partial charge in [-0.1, -0.05) is 17.6 Å². The highest BCUT2D eigenvalue weighted by atomic mass is 32.1. The number of nitrogens with zero attached hydrogens (tertiary/aromatic N) is 6. The summed E-state index contributed by atoms with van der Waals surface area (Å²) in [5.41, 5.74) is 0. The highest BCUT2D eigenvalue weighted by molar-refractivity contribution is 7.09. The van der Waals surface area contributed by atoms with Gasteiger partial charge in [-0.05, 0) is 34.7 Å². The number of carbonyl (C=O) groups is 1. The van der Waals surface area contributed by atoms with Crippen molar-refractivity contribution in [2.45, 2.75) is 44.7 Å². The van der Waals surface area contributed by atoms with Crippen molar-refractivity contribution >= 4 is 17.2 Å². The molecule has 1 aliphatic rings. The third kappa shape index (κ3) is 3.58. The molecule has 1 unspecified atom stereocenters. The van der Waals surface area contributed by atoms with Crippen LogP contribution in [0.15, 0.2) is 22.0 Å². The van der Waals surface area contributed by atoms with Crippen molar-refractivity contribution in [3.8, 4) is 0 Å². The molecule has 9 nitrogen and oxygen atoms in total. The molecule has 1 amide bonds. The molecule has 1 aliphatic heterocycles. The zero-order chi connectivity index (χ0) is 17.1. The molecular weight excluding hydrogens is 342 g/mol. The number of thiophene rings is 1. The maximum Gasteiger partial charge on any atom is 0.246 e. The van der Waals surface area contributed by atoms with E-state index in [1.807, 2.05) is 17.5 Å². The van der Waals surface area contributed by atoms with Crippen LogP contribution >= 0.6 is 11.3 Å². The average molecular weight is 359 g/mol. The lowest BCUT2D eigenvalue weighted by molar-refractivity contribution is -0.123. The van der Waals surface area contributed by atoms with Crippen molar-refractivity contribution in [3.63, 3.8) is 0 Å². The summed E-state index contributed by atoms with van der Waals surface area (Å²) in [6.45, 7) is 0.955.